The number of hydrogen-bond acceptors (Lipinski definition) is 7. The van der Waals surface area contributed by atoms with Gasteiger partial charge in [0.2, 0.25) is 11.7 Å². The number of ether oxygens (including phenoxy) is 3. The SMILES string of the molecule is COc1cc(C2=NN(C(C)=O)[C@@H](N[C@@H](Cc3ccccc3)C(=O)O)C2)cc(OC)c1OC. The van der Waals surface area contributed by atoms with Gasteiger partial charge in [-0.3, -0.25) is 14.9 Å². The van der Waals surface area contributed by atoms with Crippen LogP contribution in [0.1, 0.15) is 24.5 Å². The number of carbonyl (C=O) groups is 2. The molecule has 1 aliphatic heterocycles. The minimum absolute atomic E-state index is 0.276. The van der Waals surface area contributed by atoms with Crippen molar-refractivity contribution in [1.29, 1.82) is 0 Å². The molecule has 0 saturated heterocycles. The van der Waals surface area contributed by atoms with E-state index in [4.69, 9.17) is 14.2 Å². The van der Waals surface area contributed by atoms with Gasteiger partial charge in [0.25, 0.3) is 0 Å². The molecule has 32 heavy (non-hydrogen) atoms. The monoisotopic (exact) mass is 441 g/mol. The van der Waals surface area contributed by atoms with E-state index >= 15 is 0 Å². The van der Waals surface area contributed by atoms with Gasteiger partial charge in [0.15, 0.2) is 11.5 Å². The highest BCUT2D eigenvalue weighted by Gasteiger charge is 2.34. The van der Waals surface area contributed by atoms with Crippen molar-refractivity contribution in [2.24, 2.45) is 5.10 Å². The largest absolute Gasteiger partial charge is 0.493 e. The van der Waals surface area contributed by atoms with Gasteiger partial charge in [0.1, 0.15) is 12.2 Å². The van der Waals surface area contributed by atoms with Crippen molar-refractivity contribution in [1.82, 2.24) is 10.3 Å². The number of carboxylic acids is 1. The highest BCUT2D eigenvalue weighted by Crippen LogP contribution is 2.39. The van der Waals surface area contributed by atoms with E-state index in [1.165, 1.54) is 33.3 Å². The fraction of sp³-hybridized carbons (Fsp3) is 0.348. The summed E-state index contributed by atoms with van der Waals surface area (Å²) in [7, 11) is 4.55. The summed E-state index contributed by atoms with van der Waals surface area (Å²) in [4.78, 5) is 24.2. The van der Waals surface area contributed by atoms with Gasteiger partial charge in [0.05, 0.1) is 27.0 Å². The van der Waals surface area contributed by atoms with Gasteiger partial charge in [-0.2, -0.15) is 5.10 Å². The molecule has 0 spiro atoms. The van der Waals surface area contributed by atoms with Gasteiger partial charge in [0, 0.05) is 18.9 Å². The van der Waals surface area contributed by atoms with Crippen LogP contribution >= 0.6 is 0 Å². The van der Waals surface area contributed by atoms with E-state index in [0.29, 0.717) is 34.9 Å². The lowest BCUT2D eigenvalue weighted by molar-refractivity contribution is -0.141. The predicted molar refractivity (Wildman–Crippen MR) is 118 cm³/mol. The Morgan fingerprint density at radius 2 is 1.75 bits per heavy atom. The van der Waals surface area contributed by atoms with E-state index in [1.807, 2.05) is 30.3 Å². The first kappa shape index (κ1) is 23.1. The normalized spacial score (nSPS) is 16.3. The van der Waals surface area contributed by atoms with E-state index in [2.05, 4.69) is 10.4 Å². The van der Waals surface area contributed by atoms with Crippen LogP contribution in [-0.4, -0.2) is 61.2 Å². The maximum atomic E-state index is 12.3. The predicted octanol–water partition coefficient (Wildman–Crippen LogP) is 2.28. The Kier molecular flexibility index (Phi) is 7.32. The van der Waals surface area contributed by atoms with E-state index in [-0.39, 0.29) is 12.3 Å². The number of nitrogens with one attached hydrogen (secondary N) is 1. The first-order valence-electron chi connectivity index (χ1n) is 10.1. The molecule has 170 valence electrons. The molecule has 0 radical (unpaired) electrons. The summed E-state index contributed by atoms with van der Waals surface area (Å²) in [5, 5.41) is 18.6. The van der Waals surface area contributed by atoms with Crippen molar-refractivity contribution in [3.63, 3.8) is 0 Å². The molecule has 1 heterocycles. The minimum atomic E-state index is -1.00. The van der Waals surface area contributed by atoms with Crippen LogP contribution in [0.5, 0.6) is 17.2 Å². The average molecular weight is 441 g/mol. The summed E-state index contributed by atoms with van der Waals surface area (Å²) in [5.41, 5.74) is 2.16. The molecule has 0 aliphatic carbocycles. The van der Waals surface area contributed by atoms with Crippen molar-refractivity contribution in [2.45, 2.75) is 32.0 Å². The van der Waals surface area contributed by atoms with Crippen LogP contribution in [0, 0.1) is 0 Å². The number of benzene rings is 2. The Labute approximate surface area is 186 Å². The molecule has 2 N–H and O–H groups in total. The third-order valence-electron chi connectivity index (χ3n) is 5.21. The summed E-state index contributed by atoms with van der Waals surface area (Å²) in [6.45, 7) is 1.39. The topological polar surface area (TPSA) is 110 Å². The number of rotatable bonds is 9. The lowest BCUT2D eigenvalue weighted by atomic mass is 10.0. The number of aliphatic carboxylic acids is 1. The molecule has 9 heteroatoms. The van der Waals surface area contributed by atoms with Crippen LogP contribution in [0.25, 0.3) is 0 Å². The molecule has 0 aromatic heterocycles. The molecule has 2 aromatic carbocycles. The highest BCUT2D eigenvalue weighted by atomic mass is 16.5. The van der Waals surface area contributed by atoms with Crippen LogP contribution in [0.4, 0.5) is 0 Å². The zero-order valence-corrected chi connectivity index (χ0v) is 18.5. The molecule has 3 rings (SSSR count). The number of hydrogen-bond donors (Lipinski definition) is 2. The zero-order chi connectivity index (χ0) is 23.3. The maximum absolute atomic E-state index is 12.3. The molecule has 9 nitrogen and oxygen atoms in total. The summed E-state index contributed by atoms with van der Waals surface area (Å²) in [6.07, 6.45) is -0.0132. The number of methoxy groups -OCH3 is 3. The fourth-order valence-electron chi connectivity index (χ4n) is 3.65. The van der Waals surface area contributed by atoms with Crippen molar-refractivity contribution in [2.75, 3.05) is 21.3 Å². The van der Waals surface area contributed by atoms with E-state index in [1.54, 1.807) is 12.1 Å². The smallest absolute Gasteiger partial charge is 0.321 e. The molecule has 0 unspecified atom stereocenters. The second-order valence-corrected chi connectivity index (χ2v) is 7.29. The second kappa shape index (κ2) is 10.1. The molecular weight excluding hydrogens is 414 g/mol. The standard InChI is InChI=1S/C23H27N3O6/c1-14(27)26-21(24-18(23(28)29)10-15-8-6-5-7-9-15)13-17(25-26)16-11-19(30-2)22(32-4)20(12-16)31-3/h5-9,11-12,18,21,24H,10,13H2,1-4H3,(H,28,29)/t18-,21+/m0/s1. The number of carbonyl (C=O) groups excluding carboxylic acids is 1. The molecule has 0 fully saturated rings. The first-order valence-corrected chi connectivity index (χ1v) is 10.1. The van der Waals surface area contributed by atoms with Crippen molar-refractivity contribution < 1.29 is 28.9 Å². The van der Waals surface area contributed by atoms with Crippen molar-refractivity contribution in [3.05, 3.63) is 53.6 Å². The molecular formula is C23H27N3O6. The second-order valence-electron chi connectivity index (χ2n) is 7.29. The van der Waals surface area contributed by atoms with Crippen LogP contribution in [0.15, 0.2) is 47.6 Å². The summed E-state index contributed by atoms with van der Waals surface area (Å²) in [5.74, 6) is 0.0716. The Balaban J connectivity index is 1.87. The number of amides is 1. The Hall–Kier alpha value is -3.59. The van der Waals surface area contributed by atoms with Crippen LogP contribution in [0.2, 0.25) is 0 Å². The molecule has 1 aliphatic rings. The first-order chi connectivity index (χ1) is 15.4. The third-order valence-corrected chi connectivity index (χ3v) is 5.21. The van der Waals surface area contributed by atoms with Crippen molar-refractivity contribution >= 4 is 17.6 Å². The number of carboxylic acid groups (broad SMARTS) is 1. The van der Waals surface area contributed by atoms with Crippen molar-refractivity contribution in [3.8, 4) is 17.2 Å². The molecule has 0 bridgehead atoms. The lowest BCUT2D eigenvalue weighted by Gasteiger charge is -2.25. The van der Waals surface area contributed by atoms with Gasteiger partial charge >= 0.3 is 5.97 Å². The van der Waals surface area contributed by atoms with Gasteiger partial charge in [-0.05, 0) is 24.1 Å². The lowest BCUT2D eigenvalue weighted by Crippen LogP contribution is -2.51. The van der Waals surface area contributed by atoms with Gasteiger partial charge in [-0.25, -0.2) is 5.01 Å². The molecule has 2 aromatic rings. The highest BCUT2D eigenvalue weighted by molar-refractivity contribution is 6.04. The molecule has 0 saturated carbocycles. The fourth-order valence-corrected chi connectivity index (χ4v) is 3.65. The van der Waals surface area contributed by atoms with Gasteiger partial charge in [-0.15, -0.1) is 0 Å². The molecule has 2 atom stereocenters. The Morgan fingerprint density at radius 1 is 1.12 bits per heavy atom. The summed E-state index contributed by atoms with van der Waals surface area (Å²) in [6, 6.07) is 11.9. The van der Waals surface area contributed by atoms with Crippen LogP contribution in [-0.2, 0) is 16.0 Å². The number of nitrogens with zero attached hydrogens (tertiary/aromatic N) is 2. The van der Waals surface area contributed by atoms with E-state index in [0.717, 1.165) is 5.56 Å². The Morgan fingerprint density at radius 3 is 2.25 bits per heavy atom. The molecule has 1 amide bonds. The Bertz CT molecular complexity index is 983. The number of hydrazone groups is 1. The van der Waals surface area contributed by atoms with Crippen LogP contribution < -0.4 is 19.5 Å². The minimum Gasteiger partial charge on any atom is -0.493 e. The quantitative estimate of drug-likeness (QED) is 0.614. The van der Waals surface area contributed by atoms with Crippen LogP contribution in [0.3, 0.4) is 0 Å². The van der Waals surface area contributed by atoms with Gasteiger partial charge in [-0.1, -0.05) is 30.3 Å². The van der Waals surface area contributed by atoms with E-state index in [9.17, 15) is 14.7 Å². The van der Waals surface area contributed by atoms with E-state index < -0.39 is 18.2 Å². The summed E-state index contributed by atoms with van der Waals surface area (Å²) >= 11 is 0. The third kappa shape index (κ3) is 5.00. The maximum Gasteiger partial charge on any atom is 0.321 e. The zero-order valence-electron chi connectivity index (χ0n) is 18.5. The average Bonchev–Trinajstić information content (AvgIpc) is 3.22. The van der Waals surface area contributed by atoms with Gasteiger partial charge < -0.3 is 19.3 Å². The summed E-state index contributed by atoms with van der Waals surface area (Å²) < 4.78 is 16.2.